The Morgan fingerprint density at radius 1 is 1.27 bits per heavy atom. The number of halogens is 1. The number of ether oxygens (including phenoxy) is 1. The molecular formula is C27H32FN3O2. The van der Waals surface area contributed by atoms with Gasteiger partial charge in [0, 0.05) is 35.3 Å². The number of hydrogen-bond acceptors (Lipinski definition) is 5. The van der Waals surface area contributed by atoms with Gasteiger partial charge in [-0.05, 0) is 62.5 Å². The van der Waals surface area contributed by atoms with Crippen molar-refractivity contribution < 1.29 is 13.9 Å². The van der Waals surface area contributed by atoms with Crippen LogP contribution in [-0.2, 0) is 22.4 Å². The number of pyridine rings is 1. The Morgan fingerprint density at radius 2 is 2.00 bits per heavy atom. The topological polar surface area (TPSA) is 68.4 Å². The predicted molar refractivity (Wildman–Crippen MR) is 128 cm³/mol. The Balaban J connectivity index is 1.73. The molecule has 6 heteroatoms. The normalized spacial score (nSPS) is 21.8. The van der Waals surface area contributed by atoms with E-state index in [1.165, 1.54) is 6.07 Å². The highest BCUT2D eigenvalue weighted by Gasteiger charge is 2.42. The Bertz CT molecular complexity index is 1170. The summed E-state index contributed by atoms with van der Waals surface area (Å²) in [6.07, 6.45) is 5.46. The zero-order valence-electron chi connectivity index (χ0n) is 19.9. The molecule has 5 rings (SSSR count). The molecule has 174 valence electrons. The summed E-state index contributed by atoms with van der Waals surface area (Å²) in [5.74, 6) is -0.706. The number of fused-ring (bicyclic) bond motifs is 2. The molecule has 2 aliphatic carbocycles. The molecule has 1 fully saturated rings. The van der Waals surface area contributed by atoms with Crippen LogP contribution in [0.1, 0.15) is 74.8 Å². The van der Waals surface area contributed by atoms with Crippen LogP contribution in [0.15, 0.2) is 35.5 Å². The standard InChI is InChI=1S/C27H32FN3O2/c1-15-21(26(32)33-16-8-7-9-16)22(17-10-5-6-11-19(17)28)23-24(29)18-14-27(2,3)13-12-20(18)30-25(23)31(15)4/h5-6,10-11,16,22H,7-9,12-14H2,1-4H3,(H2,29,30). The van der Waals surface area contributed by atoms with Gasteiger partial charge in [0.1, 0.15) is 17.7 Å². The van der Waals surface area contributed by atoms with Gasteiger partial charge in [-0.15, -0.1) is 0 Å². The van der Waals surface area contributed by atoms with Gasteiger partial charge in [-0.1, -0.05) is 32.0 Å². The minimum Gasteiger partial charge on any atom is -0.459 e. The van der Waals surface area contributed by atoms with E-state index in [2.05, 4.69) is 13.8 Å². The quantitative estimate of drug-likeness (QED) is 0.647. The van der Waals surface area contributed by atoms with Crippen LogP contribution in [-0.4, -0.2) is 24.1 Å². The van der Waals surface area contributed by atoms with Gasteiger partial charge in [-0.3, -0.25) is 0 Å². The predicted octanol–water partition coefficient (Wildman–Crippen LogP) is 5.27. The number of nitrogens with two attached hydrogens (primary N) is 1. The molecule has 5 nitrogen and oxygen atoms in total. The maximum Gasteiger partial charge on any atom is 0.337 e. The van der Waals surface area contributed by atoms with Crippen LogP contribution >= 0.6 is 0 Å². The molecule has 0 bridgehead atoms. The molecule has 1 aliphatic heterocycles. The number of anilines is 2. The van der Waals surface area contributed by atoms with Crippen molar-refractivity contribution in [3.8, 4) is 0 Å². The summed E-state index contributed by atoms with van der Waals surface area (Å²) >= 11 is 0. The van der Waals surface area contributed by atoms with E-state index in [1.807, 2.05) is 18.9 Å². The summed E-state index contributed by atoms with van der Waals surface area (Å²) < 4.78 is 21.0. The van der Waals surface area contributed by atoms with Crippen LogP contribution in [0.5, 0.6) is 0 Å². The van der Waals surface area contributed by atoms with E-state index < -0.39 is 5.92 Å². The van der Waals surface area contributed by atoms with E-state index in [4.69, 9.17) is 15.5 Å². The lowest BCUT2D eigenvalue weighted by Crippen LogP contribution is -2.35. The lowest BCUT2D eigenvalue weighted by Gasteiger charge is -2.39. The molecule has 2 heterocycles. The van der Waals surface area contributed by atoms with Crippen LogP contribution < -0.4 is 10.6 Å². The maximum atomic E-state index is 15.2. The fourth-order valence-electron chi connectivity index (χ4n) is 5.34. The first-order valence-corrected chi connectivity index (χ1v) is 11.9. The number of benzene rings is 1. The fraction of sp³-hybridized carbons (Fsp3) is 0.481. The van der Waals surface area contributed by atoms with Crippen LogP contribution in [0.2, 0.25) is 0 Å². The number of carbonyl (C=O) groups excluding carboxylic acids is 1. The summed E-state index contributed by atoms with van der Waals surface area (Å²) in [7, 11) is 1.90. The lowest BCUT2D eigenvalue weighted by atomic mass is 9.73. The minimum atomic E-state index is -0.659. The zero-order chi connectivity index (χ0) is 23.5. The SMILES string of the molecule is CC1=C(C(=O)OC2CCC2)C(c2ccccc2F)c2c(nc3c(c2N)CC(C)(C)CC3)N1C. The number of nitrogens with zero attached hydrogens (tertiary/aromatic N) is 2. The molecular weight excluding hydrogens is 417 g/mol. The van der Waals surface area contributed by atoms with Crippen molar-refractivity contribution >= 4 is 17.5 Å². The highest BCUT2D eigenvalue weighted by molar-refractivity contribution is 5.96. The highest BCUT2D eigenvalue weighted by Crippen LogP contribution is 2.50. The monoisotopic (exact) mass is 449 g/mol. The third kappa shape index (κ3) is 3.60. The van der Waals surface area contributed by atoms with Crippen molar-refractivity contribution in [1.29, 1.82) is 0 Å². The van der Waals surface area contributed by atoms with E-state index in [-0.39, 0.29) is 23.3 Å². The summed E-state index contributed by atoms with van der Waals surface area (Å²) in [4.78, 5) is 20.4. The van der Waals surface area contributed by atoms with Crippen molar-refractivity contribution in [3.05, 3.63) is 63.7 Å². The third-order valence-electron chi connectivity index (χ3n) is 7.69. The molecule has 0 radical (unpaired) electrons. The van der Waals surface area contributed by atoms with Gasteiger partial charge in [-0.25, -0.2) is 14.2 Å². The number of esters is 1. The zero-order valence-corrected chi connectivity index (χ0v) is 19.9. The molecule has 3 aliphatic rings. The molecule has 2 N–H and O–H groups in total. The number of rotatable bonds is 3. The Morgan fingerprint density at radius 3 is 2.67 bits per heavy atom. The smallest absolute Gasteiger partial charge is 0.337 e. The largest absolute Gasteiger partial charge is 0.459 e. The summed E-state index contributed by atoms with van der Waals surface area (Å²) in [5, 5.41) is 0. The summed E-state index contributed by atoms with van der Waals surface area (Å²) in [6, 6.07) is 6.63. The first-order valence-electron chi connectivity index (χ1n) is 11.9. The van der Waals surface area contributed by atoms with Crippen LogP contribution in [0.4, 0.5) is 15.9 Å². The molecule has 2 aromatic rings. The summed E-state index contributed by atoms with van der Waals surface area (Å²) in [6.45, 7) is 6.36. The molecule has 0 amide bonds. The van der Waals surface area contributed by atoms with Crippen LogP contribution in [0.25, 0.3) is 0 Å². The van der Waals surface area contributed by atoms with Gasteiger partial charge in [0.05, 0.1) is 11.5 Å². The average Bonchev–Trinajstić information content (AvgIpc) is 2.74. The second-order valence-electron chi connectivity index (χ2n) is 10.5. The molecule has 1 aromatic carbocycles. The molecule has 1 unspecified atom stereocenters. The van der Waals surface area contributed by atoms with Gasteiger partial charge < -0.3 is 15.4 Å². The van der Waals surface area contributed by atoms with E-state index in [1.54, 1.807) is 18.2 Å². The number of hydrogen-bond donors (Lipinski definition) is 1. The highest BCUT2D eigenvalue weighted by atomic mass is 19.1. The number of carbonyl (C=O) groups is 1. The third-order valence-corrected chi connectivity index (χ3v) is 7.69. The van der Waals surface area contributed by atoms with E-state index in [0.717, 1.165) is 55.5 Å². The van der Waals surface area contributed by atoms with Crippen LogP contribution in [0, 0.1) is 11.2 Å². The van der Waals surface area contributed by atoms with Gasteiger partial charge in [-0.2, -0.15) is 0 Å². The van der Waals surface area contributed by atoms with E-state index in [9.17, 15) is 4.79 Å². The molecule has 1 saturated carbocycles. The number of aromatic nitrogens is 1. The average molecular weight is 450 g/mol. The first kappa shape index (κ1) is 21.9. The Hall–Kier alpha value is -2.89. The number of allylic oxidation sites excluding steroid dienone is 1. The van der Waals surface area contributed by atoms with Crippen molar-refractivity contribution in [2.24, 2.45) is 5.41 Å². The first-order chi connectivity index (χ1) is 15.7. The molecule has 0 saturated heterocycles. The molecule has 0 spiro atoms. The van der Waals surface area contributed by atoms with E-state index in [0.29, 0.717) is 28.2 Å². The Labute approximate surface area is 194 Å². The number of nitrogen functional groups attached to an aromatic ring is 1. The number of aryl methyl sites for hydroxylation is 1. The maximum absolute atomic E-state index is 15.2. The van der Waals surface area contributed by atoms with Crippen LogP contribution in [0.3, 0.4) is 0 Å². The summed E-state index contributed by atoms with van der Waals surface area (Å²) in [5.41, 5.74) is 12.0. The second kappa shape index (κ2) is 7.86. The van der Waals surface area contributed by atoms with Gasteiger partial charge in [0.2, 0.25) is 0 Å². The second-order valence-corrected chi connectivity index (χ2v) is 10.5. The minimum absolute atomic E-state index is 0.0643. The molecule has 1 aromatic heterocycles. The van der Waals surface area contributed by atoms with Crippen molar-refractivity contribution in [2.45, 2.75) is 71.3 Å². The van der Waals surface area contributed by atoms with Gasteiger partial charge in [0.15, 0.2) is 0 Å². The fourth-order valence-corrected chi connectivity index (χ4v) is 5.34. The van der Waals surface area contributed by atoms with Crippen molar-refractivity contribution in [2.75, 3.05) is 17.7 Å². The van der Waals surface area contributed by atoms with E-state index >= 15 is 4.39 Å². The van der Waals surface area contributed by atoms with Gasteiger partial charge in [0.25, 0.3) is 0 Å². The Kier molecular flexibility index (Phi) is 5.22. The van der Waals surface area contributed by atoms with Crippen molar-refractivity contribution in [1.82, 2.24) is 4.98 Å². The lowest BCUT2D eigenvalue weighted by molar-refractivity contribution is -0.148. The van der Waals surface area contributed by atoms with Gasteiger partial charge >= 0.3 is 5.97 Å². The molecule has 33 heavy (non-hydrogen) atoms. The van der Waals surface area contributed by atoms with Crippen molar-refractivity contribution in [3.63, 3.8) is 0 Å². The molecule has 1 atom stereocenters.